The van der Waals surface area contributed by atoms with Crippen molar-refractivity contribution in [3.63, 3.8) is 0 Å². The summed E-state index contributed by atoms with van der Waals surface area (Å²) >= 11 is 0. The summed E-state index contributed by atoms with van der Waals surface area (Å²) in [5, 5.41) is 9.87. The lowest BCUT2D eigenvalue weighted by Crippen LogP contribution is -2.71. The molecule has 1 saturated heterocycles. The van der Waals surface area contributed by atoms with Crippen molar-refractivity contribution < 1.29 is 19.4 Å². The molecule has 1 aromatic heterocycles. The first-order valence-corrected chi connectivity index (χ1v) is 8.89. The first-order chi connectivity index (χ1) is 13.2. The van der Waals surface area contributed by atoms with Crippen molar-refractivity contribution in [3.8, 4) is 0 Å². The van der Waals surface area contributed by atoms with Gasteiger partial charge in [0.15, 0.2) is 0 Å². The summed E-state index contributed by atoms with van der Waals surface area (Å²) in [7, 11) is 1.47. The van der Waals surface area contributed by atoms with Gasteiger partial charge in [-0.15, -0.1) is 0 Å². The van der Waals surface area contributed by atoms with Crippen molar-refractivity contribution in [1.82, 2.24) is 9.88 Å². The quantitative estimate of drug-likeness (QED) is 0.873. The van der Waals surface area contributed by atoms with Gasteiger partial charge in [0.05, 0.1) is 24.3 Å². The van der Waals surface area contributed by atoms with Crippen molar-refractivity contribution in [2.75, 3.05) is 31.8 Å². The molecule has 1 aromatic carbocycles. The van der Waals surface area contributed by atoms with E-state index in [0.717, 1.165) is 11.3 Å². The molecular formula is C20H21N3O4. The number of carbonyl (C=O) groups excluding carboxylic acids is 2. The lowest BCUT2D eigenvalue weighted by atomic mass is 9.72. The molecule has 140 valence electrons. The minimum absolute atomic E-state index is 0.00459. The zero-order valence-corrected chi connectivity index (χ0v) is 15.0. The van der Waals surface area contributed by atoms with E-state index in [1.807, 2.05) is 24.3 Å². The number of nitrogens with zero attached hydrogens (tertiary/aromatic N) is 3. The maximum atomic E-state index is 13.1. The minimum atomic E-state index is -0.297. The molecule has 1 fully saturated rings. The average Bonchev–Trinajstić information content (AvgIpc) is 2.68. The first kappa shape index (κ1) is 17.6. The highest BCUT2D eigenvalue weighted by molar-refractivity contribution is 6.07. The van der Waals surface area contributed by atoms with Crippen LogP contribution in [0.4, 0.5) is 5.69 Å². The van der Waals surface area contributed by atoms with Crippen LogP contribution in [0.2, 0.25) is 0 Å². The Morgan fingerprint density at radius 3 is 2.78 bits per heavy atom. The molecule has 2 aromatic rings. The smallest absolute Gasteiger partial charge is 0.259 e. The molecule has 7 heteroatoms. The molecule has 2 aliphatic heterocycles. The number of para-hydroxylation sites is 1. The Morgan fingerprint density at radius 2 is 2.07 bits per heavy atom. The number of aliphatic hydroxyl groups excluding tert-OH is 1. The van der Waals surface area contributed by atoms with Crippen LogP contribution in [0.5, 0.6) is 0 Å². The Kier molecular flexibility index (Phi) is 4.63. The summed E-state index contributed by atoms with van der Waals surface area (Å²) in [4.78, 5) is 33.0. The largest absolute Gasteiger partial charge is 0.394 e. The van der Waals surface area contributed by atoms with E-state index in [2.05, 4.69) is 4.98 Å². The molecule has 0 unspecified atom stereocenters. The molecule has 7 nitrogen and oxygen atoms in total. The number of pyridine rings is 1. The van der Waals surface area contributed by atoms with Crippen LogP contribution in [0.25, 0.3) is 0 Å². The molecule has 0 aliphatic carbocycles. The van der Waals surface area contributed by atoms with Gasteiger partial charge in [0.25, 0.3) is 5.91 Å². The summed E-state index contributed by atoms with van der Waals surface area (Å²) in [6.07, 6.45) is 3.17. The Bertz CT molecular complexity index is 857. The second-order valence-corrected chi connectivity index (χ2v) is 6.79. The number of carbonyl (C=O) groups is 2. The maximum Gasteiger partial charge on any atom is 0.259 e. The SMILES string of the molecule is COCC(=O)N1[C@@H]2CN(C(=O)c3cccnc3)c3ccccc3[C@@H]2[C@@H]1CO. The highest BCUT2D eigenvalue weighted by atomic mass is 16.5. The van der Waals surface area contributed by atoms with Gasteiger partial charge in [-0.2, -0.15) is 0 Å². The van der Waals surface area contributed by atoms with Gasteiger partial charge in [-0.3, -0.25) is 14.6 Å². The van der Waals surface area contributed by atoms with E-state index in [0.29, 0.717) is 12.1 Å². The number of hydrogen-bond donors (Lipinski definition) is 1. The standard InChI is InChI=1S/C20H21N3O4/c1-27-12-18(25)23-16-10-22(20(26)13-5-4-8-21-9-13)15-7-3-2-6-14(15)19(16)17(23)11-24/h2-9,16-17,19,24H,10-12H2,1H3/t16-,17+,19+/m1/s1. The van der Waals surface area contributed by atoms with Gasteiger partial charge in [0.1, 0.15) is 6.61 Å². The van der Waals surface area contributed by atoms with Crippen molar-refractivity contribution in [2.45, 2.75) is 18.0 Å². The Morgan fingerprint density at radius 1 is 1.26 bits per heavy atom. The fraction of sp³-hybridized carbons (Fsp3) is 0.350. The summed E-state index contributed by atoms with van der Waals surface area (Å²) in [5.41, 5.74) is 2.30. The molecular weight excluding hydrogens is 346 g/mol. The third-order valence-corrected chi connectivity index (χ3v) is 5.40. The number of hydrogen-bond acceptors (Lipinski definition) is 5. The number of fused-ring (bicyclic) bond motifs is 3. The van der Waals surface area contributed by atoms with Crippen molar-refractivity contribution >= 4 is 17.5 Å². The van der Waals surface area contributed by atoms with E-state index in [1.165, 1.54) is 7.11 Å². The molecule has 3 atom stereocenters. The Labute approximate surface area is 157 Å². The second kappa shape index (κ2) is 7.09. The highest BCUT2D eigenvalue weighted by Gasteiger charge is 2.55. The summed E-state index contributed by atoms with van der Waals surface area (Å²) in [6, 6.07) is 10.7. The van der Waals surface area contributed by atoms with Crippen LogP contribution >= 0.6 is 0 Å². The third-order valence-electron chi connectivity index (χ3n) is 5.40. The number of aliphatic hydroxyl groups is 1. The Balaban J connectivity index is 1.72. The lowest BCUT2D eigenvalue weighted by molar-refractivity contribution is -0.154. The van der Waals surface area contributed by atoms with Crippen LogP contribution in [-0.2, 0) is 9.53 Å². The van der Waals surface area contributed by atoms with E-state index in [4.69, 9.17) is 4.74 Å². The van der Waals surface area contributed by atoms with E-state index in [9.17, 15) is 14.7 Å². The van der Waals surface area contributed by atoms with Gasteiger partial charge in [0.2, 0.25) is 5.91 Å². The summed E-state index contributed by atoms with van der Waals surface area (Å²) in [5.74, 6) is -0.323. The van der Waals surface area contributed by atoms with Gasteiger partial charge in [-0.1, -0.05) is 18.2 Å². The zero-order chi connectivity index (χ0) is 19.0. The van der Waals surface area contributed by atoms with Crippen molar-refractivity contribution in [2.24, 2.45) is 0 Å². The summed E-state index contributed by atoms with van der Waals surface area (Å²) < 4.78 is 4.98. The number of rotatable bonds is 4. The van der Waals surface area contributed by atoms with E-state index in [1.54, 1.807) is 34.3 Å². The van der Waals surface area contributed by atoms with Crippen molar-refractivity contribution in [1.29, 1.82) is 0 Å². The Hall–Kier alpha value is -2.77. The van der Waals surface area contributed by atoms with Gasteiger partial charge in [0, 0.05) is 37.7 Å². The summed E-state index contributed by atoms with van der Waals surface area (Å²) in [6.45, 7) is 0.209. The average molecular weight is 367 g/mol. The molecule has 0 saturated carbocycles. The van der Waals surface area contributed by atoms with Crippen LogP contribution < -0.4 is 4.90 Å². The molecule has 2 amide bonds. The monoisotopic (exact) mass is 367 g/mol. The van der Waals surface area contributed by atoms with Gasteiger partial charge < -0.3 is 19.6 Å². The second-order valence-electron chi connectivity index (χ2n) is 6.79. The molecule has 2 aliphatic rings. The molecule has 27 heavy (non-hydrogen) atoms. The normalized spacial score (nSPS) is 23.3. The number of aromatic nitrogens is 1. The van der Waals surface area contributed by atoms with Gasteiger partial charge in [-0.25, -0.2) is 0 Å². The zero-order valence-electron chi connectivity index (χ0n) is 15.0. The molecule has 0 bridgehead atoms. The number of ether oxygens (including phenoxy) is 1. The van der Waals surface area contributed by atoms with Crippen LogP contribution in [0.1, 0.15) is 21.8 Å². The van der Waals surface area contributed by atoms with Crippen molar-refractivity contribution in [3.05, 3.63) is 59.9 Å². The highest BCUT2D eigenvalue weighted by Crippen LogP contribution is 2.48. The lowest BCUT2D eigenvalue weighted by Gasteiger charge is -2.58. The number of amides is 2. The van der Waals surface area contributed by atoms with E-state index >= 15 is 0 Å². The van der Waals surface area contributed by atoms with Crippen LogP contribution in [0.3, 0.4) is 0 Å². The van der Waals surface area contributed by atoms with Gasteiger partial charge >= 0.3 is 0 Å². The van der Waals surface area contributed by atoms with Crippen LogP contribution in [0, 0.1) is 0 Å². The fourth-order valence-electron chi connectivity index (χ4n) is 4.27. The molecule has 0 radical (unpaired) electrons. The van der Waals surface area contributed by atoms with E-state index < -0.39 is 0 Å². The number of methoxy groups -OCH3 is 1. The van der Waals surface area contributed by atoms with Crippen LogP contribution in [-0.4, -0.2) is 65.8 Å². The molecule has 0 spiro atoms. The minimum Gasteiger partial charge on any atom is -0.394 e. The fourth-order valence-corrected chi connectivity index (χ4v) is 4.27. The molecule has 1 N–H and O–H groups in total. The molecule has 3 heterocycles. The third kappa shape index (κ3) is 2.79. The predicted molar refractivity (Wildman–Crippen MR) is 98.5 cm³/mol. The number of benzene rings is 1. The maximum absolute atomic E-state index is 13.1. The van der Waals surface area contributed by atoms with Crippen LogP contribution in [0.15, 0.2) is 48.8 Å². The number of anilines is 1. The molecule has 4 rings (SSSR count). The predicted octanol–water partition coefficient (Wildman–Crippen LogP) is 1.04. The topological polar surface area (TPSA) is 83.0 Å². The van der Waals surface area contributed by atoms with E-state index in [-0.39, 0.29) is 43.0 Å². The first-order valence-electron chi connectivity index (χ1n) is 8.89. The van der Waals surface area contributed by atoms with Gasteiger partial charge in [-0.05, 0) is 23.8 Å². The number of likely N-dealkylation sites (tertiary alicyclic amines) is 1.